The van der Waals surface area contributed by atoms with E-state index in [2.05, 4.69) is 33.0 Å². The molecule has 1 aromatic carbocycles. The summed E-state index contributed by atoms with van der Waals surface area (Å²) in [6.07, 6.45) is 3.02. The van der Waals surface area contributed by atoms with Gasteiger partial charge < -0.3 is 14.8 Å². The fraction of sp³-hybridized carbons (Fsp3) is 0.520. The third-order valence-electron chi connectivity index (χ3n) is 6.13. The first-order valence-electron chi connectivity index (χ1n) is 10.9. The maximum Gasteiger partial charge on any atom is 0.341 e. The van der Waals surface area contributed by atoms with Crippen LogP contribution in [0.2, 0.25) is 0 Å². The molecule has 0 radical (unpaired) electrons. The Hall–Kier alpha value is -2.34. The van der Waals surface area contributed by atoms with E-state index in [1.807, 2.05) is 24.3 Å². The van der Waals surface area contributed by atoms with E-state index in [0.29, 0.717) is 22.2 Å². The Morgan fingerprint density at radius 2 is 1.90 bits per heavy atom. The summed E-state index contributed by atoms with van der Waals surface area (Å²) in [4.78, 5) is 26.6. The van der Waals surface area contributed by atoms with Crippen molar-refractivity contribution >= 4 is 28.2 Å². The number of fused-ring (bicyclic) bond motifs is 1. The highest BCUT2D eigenvalue weighted by Gasteiger charge is 2.34. The van der Waals surface area contributed by atoms with Gasteiger partial charge in [0.1, 0.15) is 10.8 Å². The number of hydrogen-bond acceptors (Lipinski definition) is 5. The quantitative estimate of drug-likeness (QED) is 0.586. The van der Waals surface area contributed by atoms with Crippen LogP contribution in [0, 0.1) is 11.3 Å². The van der Waals surface area contributed by atoms with Crippen LogP contribution in [0.4, 0.5) is 5.00 Å². The lowest BCUT2D eigenvalue weighted by Crippen LogP contribution is -2.30. The average Bonchev–Trinajstić information content (AvgIpc) is 3.10. The molecule has 0 saturated heterocycles. The predicted molar refractivity (Wildman–Crippen MR) is 125 cm³/mol. The summed E-state index contributed by atoms with van der Waals surface area (Å²) in [6.45, 7) is 10.6. The summed E-state index contributed by atoms with van der Waals surface area (Å²) in [6, 6.07) is 7.74. The van der Waals surface area contributed by atoms with E-state index in [1.54, 1.807) is 6.92 Å². The van der Waals surface area contributed by atoms with Crippen molar-refractivity contribution in [3.8, 4) is 5.75 Å². The Balaban J connectivity index is 1.79. The number of rotatable bonds is 6. The molecule has 1 aromatic heterocycles. The van der Waals surface area contributed by atoms with E-state index in [9.17, 15) is 9.59 Å². The highest BCUT2D eigenvalue weighted by atomic mass is 32.1. The normalized spacial score (nSPS) is 16.9. The molecule has 1 aliphatic carbocycles. The lowest BCUT2D eigenvalue weighted by Gasteiger charge is -2.33. The molecule has 2 unspecified atom stereocenters. The predicted octanol–water partition coefficient (Wildman–Crippen LogP) is 5.65. The Morgan fingerprint density at radius 3 is 2.48 bits per heavy atom. The number of aryl methyl sites for hydroxylation is 1. The lowest BCUT2D eigenvalue weighted by molar-refractivity contribution is -0.122. The van der Waals surface area contributed by atoms with E-state index < -0.39 is 12.1 Å². The molecule has 0 saturated carbocycles. The molecule has 6 heteroatoms. The van der Waals surface area contributed by atoms with Gasteiger partial charge in [-0.1, -0.05) is 39.8 Å². The van der Waals surface area contributed by atoms with Crippen LogP contribution in [-0.2, 0) is 28.8 Å². The highest BCUT2D eigenvalue weighted by molar-refractivity contribution is 7.17. The number of carbonyl (C=O) groups excluding carboxylic acids is 2. The molecule has 5 nitrogen and oxygen atoms in total. The molecule has 1 amide bonds. The third-order valence-corrected chi connectivity index (χ3v) is 7.30. The molecule has 1 heterocycles. The van der Waals surface area contributed by atoms with Crippen LogP contribution >= 0.6 is 11.3 Å². The van der Waals surface area contributed by atoms with Gasteiger partial charge in [0.15, 0.2) is 6.10 Å². The molecule has 1 aliphatic rings. The van der Waals surface area contributed by atoms with E-state index >= 15 is 0 Å². The summed E-state index contributed by atoms with van der Waals surface area (Å²) in [5.41, 5.74) is 2.94. The van der Waals surface area contributed by atoms with Gasteiger partial charge in [-0.05, 0) is 67.2 Å². The van der Waals surface area contributed by atoms with Crippen molar-refractivity contribution in [3.05, 3.63) is 45.8 Å². The van der Waals surface area contributed by atoms with Crippen LogP contribution < -0.4 is 10.1 Å². The van der Waals surface area contributed by atoms with Gasteiger partial charge in [0.25, 0.3) is 5.91 Å². The number of methoxy groups -OCH3 is 1. The standard InChI is InChI=1S/C25H33NO4S/c1-7-16-8-11-18(12-9-16)30-15(2)22(27)26-23-21(24(28)29-6)19-13-10-17(25(3,4)5)14-20(19)31-23/h8-9,11-12,15,17H,7,10,13-14H2,1-6H3,(H,26,27). The number of thiophene rings is 1. The highest BCUT2D eigenvalue weighted by Crippen LogP contribution is 2.44. The number of amides is 1. The summed E-state index contributed by atoms with van der Waals surface area (Å²) < 4.78 is 10.9. The average molecular weight is 444 g/mol. The minimum absolute atomic E-state index is 0.201. The molecule has 2 aromatic rings. The van der Waals surface area contributed by atoms with E-state index in [-0.39, 0.29) is 11.3 Å². The van der Waals surface area contributed by atoms with E-state index in [4.69, 9.17) is 9.47 Å². The number of hydrogen-bond donors (Lipinski definition) is 1. The minimum Gasteiger partial charge on any atom is -0.481 e. The zero-order valence-corrected chi connectivity index (χ0v) is 20.2. The van der Waals surface area contributed by atoms with Crippen LogP contribution in [0.5, 0.6) is 5.75 Å². The van der Waals surface area contributed by atoms with Crippen LogP contribution in [0.25, 0.3) is 0 Å². The minimum atomic E-state index is -0.695. The smallest absolute Gasteiger partial charge is 0.341 e. The van der Waals surface area contributed by atoms with Crippen LogP contribution in [0.3, 0.4) is 0 Å². The van der Waals surface area contributed by atoms with Gasteiger partial charge in [0.2, 0.25) is 0 Å². The second-order valence-electron chi connectivity index (χ2n) is 9.25. The van der Waals surface area contributed by atoms with Crippen molar-refractivity contribution in [3.63, 3.8) is 0 Å². The summed E-state index contributed by atoms with van der Waals surface area (Å²) in [5, 5.41) is 3.50. The monoisotopic (exact) mass is 443 g/mol. The number of ether oxygens (including phenoxy) is 2. The number of nitrogens with one attached hydrogen (secondary N) is 1. The molecule has 2 atom stereocenters. The summed E-state index contributed by atoms with van der Waals surface area (Å²) in [7, 11) is 1.38. The van der Waals surface area contributed by atoms with Gasteiger partial charge in [-0.2, -0.15) is 0 Å². The second-order valence-corrected chi connectivity index (χ2v) is 10.4. The van der Waals surface area contributed by atoms with Crippen molar-refractivity contribution in [1.29, 1.82) is 0 Å². The Kier molecular flexibility index (Phi) is 7.10. The zero-order chi connectivity index (χ0) is 22.8. The largest absolute Gasteiger partial charge is 0.481 e. The molecular weight excluding hydrogens is 410 g/mol. The maximum atomic E-state index is 12.9. The first-order chi connectivity index (χ1) is 14.6. The first-order valence-corrected chi connectivity index (χ1v) is 11.7. The van der Waals surface area contributed by atoms with E-state index in [1.165, 1.54) is 28.9 Å². The molecule has 1 N–H and O–H groups in total. The fourth-order valence-electron chi connectivity index (χ4n) is 4.01. The lowest BCUT2D eigenvalue weighted by atomic mass is 9.72. The Morgan fingerprint density at radius 1 is 1.23 bits per heavy atom. The van der Waals surface area contributed by atoms with Crippen molar-refractivity contribution in [2.24, 2.45) is 11.3 Å². The molecule has 0 fully saturated rings. The number of esters is 1. The van der Waals surface area contributed by atoms with Crippen LogP contribution in [-0.4, -0.2) is 25.1 Å². The Bertz CT molecular complexity index is 940. The molecule has 168 valence electrons. The molecule has 31 heavy (non-hydrogen) atoms. The van der Waals surface area contributed by atoms with Gasteiger partial charge >= 0.3 is 5.97 Å². The van der Waals surface area contributed by atoms with Crippen molar-refractivity contribution in [2.75, 3.05) is 12.4 Å². The molecule has 3 rings (SSSR count). The summed E-state index contributed by atoms with van der Waals surface area (Å²) >= 11 is 1.49. The molecule has 0 bridgehead atoms. The zero-order valence-electron chi connectivity index (χ0n) is 19.3. The van der Waals surface area contributed by atoms with Crippen LogP contribution in [0.15, 0.2) is 24.3 Å². The molecular formula is C25H33NO4S. The molecule has 0 aliphatic heterocycles. The maximum absolute atomic E-state index is 12.9. The summed E-state index contributed by atoms with van der Waals surface area (Å²) in [5.74, 6) is 0.508. The van der Waals surface area contributed by atoms with Gasteiger partial charge in [-0.15, -0.1) is 11.3 Å². The van der Waals surface area contributed by atoms with Crippen molar-refractivity contribution in [1.82, 2.24) is 0 Å². The first kappa shape index (κ1) is 23.3. The number of benzene rings is 1. The molecule has 0 spiro atoms. The van der Waals surface area contributed by atoms with Crippen molar-refractivity contribution < 1.29 is 19.1 Å². The fourth-order valence-corrected chi connectivity index (χ4v) is 5.32. The third kappa shape index (κ3) is 5.29. The SMILES string of the molecule is CCc1ccc(OC(C)C(=O)Nc2sc3c(c2C(=O)OC)CCC(C(C)(C)C)C3)cc1. The van der Waals surface area contributed by atoms with Crippen molar-refractivity contribution in [2.45, 2.75) is 66.4 Å². The topological polar surface area (TPSA) is 64.6 Å². The van der Waals surface area contributed by atoms with Gasteiger partial charge in [0, 0.05) is 4.88 Å². The van der Waals surface area contributed by atoms with Gasteiger partial charge in [-0.25, -0.2) is 4.79 Å². The van der Waals surface area contributed by atoms with Gasteiger partial charge in [0.05, 0.1) is 12.7 Å². The van der Waals surface area contributed by atoms with Gasteiger partial charge in [-0.3, -0.25) is 4.79 Å². The number of anilines is 1. The van der Waals surface area contributed by atoms with E-state index in [0.717, 1.165) is 31.2 Å². The Labute approximate surface area is 189 Å². The van der Waals surface area contributed by atoms with Crippen LogP contribution in [0.1, 0.15) is 67.4 Å². The number of carbonyl (C=O) groups is 2. The second kappa shape index (κ2) is 9.43.